The molecule has 0 heterocycles. The van der Waals surface area contributed by atoms with Gasteiger partial charge in [-0.3, -0.25) is 4.79 Å². The van der Waals surface area contributed by atoms with Gasteiger partial charge in [-0.05, 0) is 42.0 Å². The van der Waals surface area contributed by atoms with Gasteiger partial charge in [0.2, 0.25) is 0 Å². The van der Waals surface area contributed by atoms with Gasteiger partial charge in [0.25, 0.3) is 5.91 Å². The van der Waals surface area contributed by atoms with Crippen LogP contribution in [0.1, 0.15) is 15.9 Å². The number of carbonyl (C=O) groups excluding carboxylic acids is 1. The third-order valence-corrected chi connectivity index (χ3v) is 3.62. The quantitative estimate of drug-likeness (QED) is 0.473. The Kier molecular flexibility index (Phi) is 6.51. The van der Waals surface area contributed by atoms with Gasteiger partial charge in [-0.1, -0.05) is 40.7 Å². The average molecular weight is 382 g/mol. The number of nitrogens with zero attached hydrogens (tertiary/aromatic N) is 1. The standard InChI is InChI=1S/C17H11Cl3N2O2/c1-2-7-24-16-14(19)8-11(9-15(16)20)10-21-22-17(23)12-3-5-13(18)6-4-12/h1,3-6,8-10H,7H2,(H,22,23)/b21-10-. The highest BCUT2D eigenvalue weighted by molar-refractivity contribution is 6.37. The minimum atomic E-state index is -0.367. The van der Waals surface area contributed by atoms with Crippen LogP contribution in [-0.4, -0.2) is 18.7 Å². The number of amides is 1. The topological polar surface area (TPSA) is 50.7 Å². The van der Waals surface area contributed by atoms with Gasteiger partial charge < -0.3 is 4.74 Å². The molecule has 0 bridgehead atoms. The largest absolute Gasteiger partial charge is 0.478 e. The second-order valence-electron chi connectivity index (χ2n) is 4.51. The summed E-state index contributed by atoms with van der Waals surface area (Å²) in [5, 5.41) is 5.00. The van der Waals surface area contributed by atoms with E-state index in [2.05, 4.69) is 16.4 Å². The summed E-state index contributed by atoms with van der Waals surface area (Å²) >= 11 is 17.9. The van der Waals surface area contributed by atoms with Crippen LogP contribution in [0.15, 0.2) is 41.5 Å². The number of hydrazone groups is 1. The summed E-state index contributed by atoms with van der Waals surface area (Å²) in [4.78, 5) is 11.9. The van der Waals surface area contributed by atoms with Crippen LogP contribution in [0.4, 0.5) is 0 Å². The summed E-state index contributed by atoms with van der Waals surface area (Å²) in [6, 6.07) is 9.62. The number of terminal acetylenes is 1. The van der Waals surface area contributed by atoms with Crippen LogP contribution < -0.4 is 10.2 Å². The fourth-order valence-corrected chi connectivity index (χ4v) is 2.48. The Morgan fingerprint density at radius 3 is 2.42 bits per heavy atom. The first-order chi connectivity index (χ1) is 11.5. The molecule has 0 spiro atoms. The number of nitrogens with one attached hydrogen (secondary N) is 1. The highest BCUT2D eigenvalue weighted by Crippen LogP contribution is 2.33. The lowest BCUT2D eigenvalue weighted by atomic mass is 10.2. The molecule has 0 aliphatic heterocycles. The maximum absolute atomic E-state index is 11.9. The van der Waals surface area contributed by atoms with E-state index in [0.29, 0.717) is 31.9 Å². The minimum absolute atomic E-state index is 0.0595. The summed E-state index contributed by atoms with van der Waals surface area (Å²) in [5.74, 6) is 2.27. The van der Waals surface area contributed by atoms with Gasteiger partial charge in [-0.2, -0.15) is 5.10 Å². The zero-order valence-electron chi connectivity index (χ0n) is 12.2. The zero-order chi connectivity index (χ0) is 17.5. The van der Waals surface area contributed by atoms with Gasteiger partial charge in [-0.25, -0.2) is 5.43 Å². The third kappa shape index (κ3) is 4.90. The second kappa shape index (κ2) is 8.60. The van der Waals surface area contributed by atoms with Crippen LogP contribution in [0.25, 0.3) is 0 Å². The number of hydrogen-bond acceptors (Lipinski definition) is 3. The first-order valence-corrected chi connectivity index (χ1v) is 7.79. The molecular weight excluding hydrogens is 371 g/mol. The number of ether oxygens (including phenoxy) is 1. The summed E-state index contributed by atoms with van der Waals surface area (Å²) < 4.78 is 5.26. The highest BCUT2D eigenvalue weighted by atomic mass is 35.5. The molecule has 0 saturated heterocycles. The maximum atomic E-state index is 11.9. The van der Waals surface area contributed by atoms with Crippen LogP contribution >= 0.6 is 34.8 Å². The molecule has 122 valence electrons. The molecule has 0 radical (unpaired) electrons. The Morgan fingerprint density at radius 2 is 1.83 bits per heavy atom. The predicted octanol–water partition coefficient (Wildman–Crippen LogP) is 4.42. The zero-order valence-corrected chi connectivity index (χ0v) is 14.5. The van der Waals surface area contributed by atoms with Crippen LogP contribution in [-0.2, 0) is 0 Å². The Balaban J connectivity index is 2.05. The van der Waals surface area contributed by atoms with E-state index in [1.807, 2.05) is 0 Å². The number of halogens is 3. The molecule has 2 aromatic rings. The van der Waals surface area contributed by atoms with E-state index in [0.717, 1.165) is 0 Å². The van der Waals surface area contributed by atoms with Crippen molar-refractivity contribution in [2.45, 2.75) is 0 Å². The molecule has 2 rings (SSSR count). The summed E-state index contributed by atoms with van der Waals surface area (Å²) in [7, 11) is 0. The first kappa shape index (κ1) is 18.2. The molecule has 4 nitrogen and oxygen atoms in total. The van der Waals surface area contributed by atoms with Crippen LogP contribution in [0.2, 0.25) is 15.1 Å². The van der Waals surface area contributed by atoms with Gasteiger partial charge >= 0.3 is 0 Å². The average Bonchev–Trinajstić information content (AvgIpc) is 2.54. The summed E-state index contributed by atoms with van der Waals surface area (Å²) in [6.07, 6.45) is 6.54. The van der Waals surface area contributed by atoms with Crippen molar-refractivity contribution in [3.63, 3.8) is 0 Å². The second-order valence-corrected chi connectivity index (χ2v) is 5.76. The first-order valence-electron chi connectivity index (χ1n) is 6.65. The summed E-state index contributed by atoms with van der Waals surface area (Å²) in [5.41, 5.74) is 3.43. The highest BCUT2D eigenvalue weighted by Gasteiger charge is 2.09. The number of hydrogen-bond donors (Lipinski definition) is 1. The van der Waals surface area contributed by atoms with E-state index >= 15 is 0 Å². The van der Waals surface area contributed by atoms with Crippen molar-refractivity contribution in [2.24, 2.45) is 5.10 Å². The lowest BCUT2D eigenvalue weighted by Crippen LogP contribution is -2.17. The van der Waals surface area contributed by atoms with E-state index in [4.69, 9.17) is 46.0 Å². The molecule has 0 fully saturated rings. The molecule has 0 atom stereocenters. The lowest BCUT2D eigenvalue weighted by Gasteiger charge is -2.08. The van der Waals surface area contributed by atoms with Crippen LogP contribution in [0.3, 0.4) is 0 Å². The maximum Gasteiger partial charge on any atom is 0.271 e. The van der Waals surface area contributed by atoms with E-state index < -0.39 is 0 Å². The monoisotopic (exact) mass is 380 g/mol. The molecule has 0 aliphatic carbocycles. The Labute approximate surface area is 154 Å². The summed E-state index contributed by atoms with van der Waals surface area (Å²) in [6.45, 7) is 0.0595. The van der Waals surface area contributed by atoms with Gasteiger partial charge in [0.05, 0.1) is 16.3 Å². The number of rotatable bonds is 5. The van der Waals surface area contributed by atoms with Crippen LogP contribution in [0.5, 0.6) is 5.75 Å². The van der Waals surface area contributed by atoms with Gasteiger partial charge in [0.1, 0.15) is 6.61 Å². The normalized spacial score (nSPS) is 10.4. The SMILES string of the molecule is C#CCOc1c(Cl)cc(/C=N\NC(=O)c2ccc(Cl)cc2)cc1Cl. The molecule has 0 saturated carbocycles. The Morgan fingerprint density at radius 1 is 1.21 bits per heavy atom. The molecule has 7 heteroatoms. The van der Waals surface area contributed by atoms with Crippen molar-refractivity contribution in [2.75, 3.05) is 6.61 Å². The molecule has 2 aromatic carbocycles. The molecule has 1 amide bonds. The van der Waals surface area contributed by atoms with Gasteiger partial charge in [0.15, 0.2) is 5.75 Å². The number of benzene rings is 2. The molecular formula is C17H11Cl3N2O2. The van der Waals surface area contributed by atoms with Gasteiger partial charge in [-0.15, -0.1) is 6.42 Å². The molecule has 0 aliphatic rings. The molecule has 0 unspecified atom stereocenters. The van der Waals surface area contributed by atoms with Crippen molar-refractivity contribution >= 4 is 46.9 Å². The lowest BCUT2D eigenvalue weighted by molar-refractivity contribution is 0.0955. The predicted molar refractivity (Wildman–Crippen MR) is 97.3 cm³/mol. The van der Waals surface area contributed by atoms with Crippen molar-refractivity contribution in [1.82, 2.24) is 5.43 Å². The Hall–Kier alpha value is -2.19. The molecule has 24 heavy (non-hydrogen) atoms. The Bertz CT molecular complexity index is 789. The van der Waals surface area contributed by atoms with Crippen molar-refractivity contribution < 1.29 is 9.53 Å². The smallest absolute Gasteiger partial charge is 0.271 e. The van der Waals surface area contributed by atoms with E-state index in [1.54, 1.807) is 36.4 Å². The van der Waals surface area contributed by atoms with E-state index in [-0.39, 0.29) is 12.5 Å². The van der Waals surface area contributed by atoms with E-state index in [9.17, 15) is 4.79 Å². The van der Waals surface area contributed by atoms with Gasteiger partial charge in [0, 0.05) is 10.6 Å². The van der Waals surface area contributed by atoms with Crippen molar-refractivity contribution in [3.8, 4) is 18.1 Å². The fourth-order valence-electron chi connectivity index (χ4n) is 1.74. The molecule has 0 aromatic heterocycles. The van der Waals surface area contributed by atoms with E-state index in [1.165, 1.54) is 6.21 Å². The third-order valence-electron chi connectivity index (χ3n) is 2.81. The van der Waals surface area contributed by atoms with Crippen molar-refractivity contribution in [1.29, 1.82) is 0 Å². The van der Waals surface area contributed by atoms with Crippen LogP contribution in [0, 0.1) is 12.3 Å². The minimum Gasteiger partial charge on any atom is -0.478 e. The fraction of sp³-hybridized carbons (Fsp3) is 0.0588. The number of carbonyl (C=O) groups is 1. The van der Waals surface area contributed by atoms with Crippen molar-refractivity contribution in [3.05, 3.63) is 62.6 Å². The molecule has 1 N–H and O–H groups in total.